The Morgan fingerprint density at radius 2 is 2.00 bits per heavy atom. The highest BCUT2D eigenvalue weighted by Crippen LogP contribution is 2.20. The molecular weight excluding hydrogens is 316 g/mol. The molecule has 0 fully saturated rings. The molecule has 0 spiro atoms. The summed E-state index contributed by atoms with van der Waals surface area (Å²) < 4.78 is 3.55. The fourth-order valence-electron chi connectivity index (χ4n) is 2.73. The van der Waals surface area contributed by atoms with Crippen LogP contribution >= 0.6 is 0 Å². The van der Waals surface area contributed by atoms with Gasteiger partial charge in [-0.15, -0.1) is 0 Å². The Balaban J connectivity index is 1.63. The Bertz CT molecular complexity index is 1050. The molecule has 0 saturated heterocycles. The Hall–Kier alpha value is -3.42. The lowest BCUT2D eigenvalue weighted by Gasteiger charge is -2.11. The van der Waals surface area contributed by atoms with Gasteiger partial charge in [-0.05, 0) is 24.6 Å². The lowest BCUT2D eigenvalue weighted by Crippen LogP contribution is -2.09. The van der Waals surface area contributed by atoms with Gasteiger partial charge in [0, 0.05) is 19.8 Å². The Labute approximate surface area is 144 Å². The maximum absolute atomic E-state index is 6.00. The maximum atomic E-state index is 6.00. The van der Waals surface area contributed by atoms with Crippen molar-refractivity contribution >= 4 is 22.8 Å². The van der Waals surface area contributed by atoms with Gasteiger partial charge in [-0.2, -0.15) is 20.2 Å². The van der Waals surface area contributed by atoms with Crippen molar-refractivity contribution in [2.24, 2.45) is 7.05 Å². The molecule has 1 aromatic carbocycles. The van der Waals surface area contributed by atoms with Gasteiger partial charge >= 0.3 is 0 Å². The minimum absolute atomic E-state index is 0.414. The number of nitrogen functional groups attached to an aromatic ring is 1. The van der Waals surface area contributed by atoms with Crippen LogP contribution < -0.4 is 11.1 Å². The van der Waals surface area contributed by atoms with E-state index in [0.717, 1.165) is 22.3 Å². The van der Waals surface area contributed by atoms with Gasteiger partial charge in [-0.25, -0.2) is 4.68 Å². The summed E-state index contributed by atoms with van der Waals surface area (Å²) in [6.07, 6.45) is 3.62. The quantitative estimate of drug-likeness (QED) is 0.592. The number of benzene rings is 1. The molecule has 0 unspecified atom stereocenters. The summed E-state index contributed by atoms with van der Waals surface area (Å²) in [6, 6.07) is 10.0. The molecule has 8 heteroatoms. The number of nitrogens with zero attached hydrogens (tertiary/aromatic N) is 6. The first-order valence-corrected chi connectivity index (χ1v) is 7.91. The average Bonchev–Trinajstić information content (AvgIpc) is 3.20. The lowest BCUT2D eigenvalue weighted by molar-refractivity contribution is 0.785. The van der Waals surface area contributed by atoms with Gasteiger partial charge in [0.05, 0.1) is 23.0 Å². The summed E-state index contributed by atoms with van der Waals surface area (Å²) >= 11 is 0. The number of fused-ring (bicyclic) bond motifs is 1. The molecule has 0 aliphatic rings. The van der Waals surface area contributed by atoms with Gasteiger partial charge in [0.25, 0.3) is 0 Å². The molecule has 3 N–H and O–H groups in total. The molecule has 25 heavy (non-hydrogen) atoms. The van der Waals surface area contributed by atoms with Crippen LogP contribution in [0.25, 0.3) is 16.7 Å². The van der Waals surface area contributed by atoms with Crippen molar-refractivity contribution in [1.82, 2.24) is 29.5 Å². The Kier molecular flexibility index (Phi) is 3.57. The first-order valence-electron chi connectivity index (χ1n) is 7.91. The molecule has 8 nitrogen and oxygen atoms in total. The number of hydrogen-bond acceptors (Lipinski definition) is 6. The van der Waals surface area contributed by atoms with Crippen LogP contribution in [-0.2, 0) is 13.6 Å². The number of nitrogens with one attached hydrogen (secondary N) is 1. The van der Waals surface area contributed by atoms with E-state index in [0.29, 0.717) is 24.0 Å². The van der Waals surface area contributed by atoms with E-state index in [1.54, 1.807) is 10.9 Å². The molecule has 4 rings (SSSR count). The zero-order valence-electron chi connectivity index (χ0n) is 14.0. The van der Waals surface area contributed by atoms with E-state index in [2.05, 4.69) is 25.5 Å². The molecule has 3 heterocycles. The van der Waals surface area contributed by atoms with Crippen molar-refractivity contribution < 1.29 is 0 Å². The van der Waals surface area contributed by atoms with Crippen molar-refractivity contribution in [3.8, 4) is 5.69 Å². The number of anilines is 2. The summed E-state index contributed by atoms with van der Waals surface area (Å²) in [6.45, 7) is 2.52. The summed E-state index contributed by atoms with van der Waals surface area (Å²) in [5, 5.41) is 12.6. The number of hydrogen-bond donors (Lipinski definition) is 2. The second-order valence-electron chi connectivity index (χ2n) is 5.82. The van der Waals surface area contributed by atoms with Crippen LogP contribution in [0.3, 0.4) is 0 Å². The third-order valence-electron chi connectivity index (χ3n) is 4.02. The lowest BCUT2D eigenvalue weighted by atomic mass is 10.2. The van der Waals surface area contributed by atoms with Crippen LogP contribution in [0.2, 0.25) is 0 Å². The number of rotatable bonds is 4. The molecule has 0 radical (unpaired) electrons. The maximum Gasteiger partial charge on any atom is 0.226 e. The summed E-state index contributed by atoms with van der Waals surface area (Å²) in [7, 11) is 1.83. The molecule has 0 bridgehead atoms. The van der Waals surface area contributed by atoms with Crippen LogP contribution in [-0.4, -0.2) is 29.5 Å². The molecule has 0 aliphatic heterocycles. The average molecular weight is 334 g/mol. The molecule has 0 saturated carbocycles. The minimum Gasteiger partial charge on any atom is -0.383 e. The standard InChI is InChI=1S/C17H18N8/c1-11-7-8-25(23-11)14-6-4-3-5-12(14)9-19-17-21-15(18)13-10-20-24(2)16(13)22-17/h3-8,10H,9H2,1-2H3,(H3,18,19,21,22). The summed E-state index contributed by atoms with van der Waals surface area (Å²) in [5.41, 5.74) is 9.77. The van der Waals surface area contributed by atoms with Crippen molar-refractivity contribution in [2.45, 2.75) is 13.5 Å². The van der Waals surface area contributed by atoms with Crippen LogP contribution in [0, 0.1) is 6.92 Å². The summed E-state index contributed by atoms with van der Waals surface area (Å²) in [4.78, 5) is 8.81. The van der Waals surface area contributed by atoms with E-state index < -0.39 is 0 Å². The topological polar surface area (TPSA) is 99.5 Å². The van der Waals surface area contributed by atoms with Crippen LogP contribution in [0.15, 0.2) is 42.7 Å². The third-order valence-corrected chi connectivity index (χ3v) is 4.02. The molecule has 3 aromatic heterocycles. The van der Waals surface area contributed by atoms with Gasteiger partial charge in [0.15, 0.2) is 5.65 Å². The van der Waals surface area contributed by atoms with Crippen molar-refractivity contribution in [3.63, 3.8) is 0 Å². The van der Waals surface area contributed by atoms with Gasteiger partial charge in [0.1, 0.15) is 5.82 Å². The number of aromatic nitrogens is 6. The second-order valence-corrected chi connectivity index (χ2v) is 5.82. The SMILES string of the molecule is Cc1ccn(-c2ccccc2CNc2nc(N)c3cnn(C)c3n2)n1. The predicted octanol–water partition coefficient (Wildman–Crippen LogP) is 2.05. The first kappa shape index (κ1) is 15.1. The third kappa shape index (κ3) is 2.78. The van der Waals surface area contributed by atoms with E-state index in [1.165, 1.54) is 0 Å². The second kappa shape index (κ2) is 5.90. The predicted molar refractivity (Wildman–Crippen MR) is 96.3 cm³/mol. The smallest absolute Gasteiger partial charge is 0.226 e. The molecular formula is C17H18N8. The van der Waals surface area contributed by atoms with Crippen molar-refractivity contribution in [2.75, 3.05) is 11.1 Å². The Morgan fingerprint density at radius 3 is 2.80 bits per heavy atom. The van der Waals surface area contributed by atoms with E-state index in [9.17, 15) is 0 Å². The van der Waals surface area contributed by atoms with Crippen molar-refractivity contribution in [3.05, 3.63) is 54.0 Å². The van der Waals surface area contributed by atoms with E-state index >= 15 is 0 Å². The number of para-hydroxylation sites is 1. The van der Waals surface area contributed by atoms with Crippen LogP contribution in [0.4, 0.5) is 11.8 Å². The monoisotopic (exact) mass is 334 g/mol. The van der Waals surface area contributed by atoms with Gasteiger partial charge < -0.3 is 11.1 Å². The van der Waals surface area contributed by atoms with E-state index in [1.807, 2.05) is 55.2 Å². The number of nitrogens with two attached hydrogens (primary N) is 1. The van der Waals surface area contributed by atoms with E-state index in [4.69, 9.17) is 5.73 Å². The highest BCUT2D eigenvalue weighted by atomic mass is 15.3. The number of aryl methyl sites for hydroxylation is 2. The Morgan fingerprint density at radius 1 is 1.16 bits per heavy atom. The molecule has 4 aromatic rings. The largest absolute Gasteiger partial charge is 0.383 e. The van der Waals surface area contributed by atoms with Gasteiger partial charge in [-0.1, -0.05) is 18.2 Å². The van der Waals surface area contributed by atoms with Gasteiger partial charge in [-0.3, -0.25) is 4.68 Å². The van der Waals surface area contributed by atoms with Crippen LogP contribution in [0.5, 0.6) is 0 Å². The highest BCUT2D eigenvalue weighted by molar-refractivity contribution is 5.86. The molecule has 0 aliphatic carbocycles. The van der Waals surface area contributed by atoms with E-state index in [-0.39, 0.29) is 0 Å². The first-order chi connectivity index (χ1) is 12.1. The fraction of sp³-hybridized carbons (Fsp3) is 0.176. The van der Waals surface area contributed by atoms with Crippen LogP contribution in [0.1, 0.15) is 11.3 Å². The zero-order valence-corrected chi connectivity index (χ0v) is 14.0. The molecule has 0 atom stereocenters. The molecule has 0 amide bonds. The van der Waals surface area contributed by atoms with Gasteiger partial charge in [0.2, 0.25) is 5.95 Å². The minimum atomic E-state index is 0.414. The zero-order chi connectivity index (χ0) is 17.4. The fourth-order valence-corrected chi connectivity index (χ4v) is 2.73. The van der Waals surface area contributed by atoms with Crippen molar-refractivity contribution in [1.29, 1.82) is 0 Å². The summed E-state index contributed by atoms with van der Waals surface area (Å²) in [5.74, 6) is 0.886. The molecule has 126 valence electrons. The highest BCUT2D eigenvalue weighted by Gasteiger charge is 2.10. The normalized spacial score (nSPS) is 11.1.